The number of ether oxygens (including phenoxy) is 1. The number of benzene rings is 2. The van der Waals surface area contributed by atoms with Crippen LogP contribution < -0.4 is 4.74 Å². The van der Waals surface area contributed by atoms with Crippen LogP contribution in [0.5, 0.6) is 5.75 Å². The lowest BCUT2D eigenvalue weighted by Gasteiger charge is -2.25. The molecule has 0 aromatic heterocycles. The van der Waals surface area contributed by atoms with Gasteiger partial charge >= 0.3 is 0 Å². The molecule has 0 radical (unpaired) electrons. The van der Waals surface area contributed by atoms with Crippen LogP contribution in [0, 0.1) is 0 Å². The topological polar surface area (TPSA) is 26.3 Å². The molecule has 2 aromatic rings. The number of carbonyl (C=O) groups excluding carboxylic acids is 1. The Bertz CT molecular complexity index is 707. The molecular weight excluding hydrogens is 308 g/mol. The van der Waals surface area contributed by atoms with E-state index < -0.39 is 0 Å². The molecule has 0 saturated carbocycles. The van der Waals surface area contributed by atoms with E-state index in [9.17, 15) is 4.79 Å². The van der Waals surface area contributed by atoms with Crippen molar-refractivity contribution in [3.05, 3.63) is 65.2 Å². The van der Waals surface area contributed by atoms with Crippen LogP contribution in [0.1, 0.15) is 75.9 Å². The molecule has 0 spiro atoms. The third-order valence-corrected chi connectivity index (χ3v) is 5.17. The molecule has 0 bridgehead atoms. The predicted octanol–water partition coefficient (Wildman–Crippen LogP) is 6.17. The summed E-state index contributed by atoms with van der Waals surface area (Å²) >= 11 is 0. The lowest BCUT2D eigenvalue weighted by atomic mass is 9.82. The molecule has 2 aromatic carbocycles. The van der Waals surface area contributed by atoms with Gasteiger partial charge in [0.1, 0.15) is 11.4 Å². The van der Waals surface area contributed by atoms with Crippen LogP contribution in [-0.4, -0.2) is 11.4 Å². The summed E-state index contributed by atoms with van der Waals surface area (Å²) in [5.41, 5.74) is 2.60. The van der Waals surface area contributed by atoms with Crippen molar-refractivity contribution in [2.45, 2.75) is 65.4 Å². The lowest BCUT2D eigenvalue weighted by molar-refractivity contribution is 0.103. The number of rotatable bonds is 7. The minimum absolute atomic E-state index is 0.0437. The van der Waals surface area contributed by atoms with Gasteiger partial charge in [0.15, 0.2) is 5.78 Å². The highest BCUT2D eigenvalue weighted by Gasteiger charge is 2.19. The average Bonchev–Trinajstić information content (AvgIpc) is 2.61. The summed E-state index contributed by atoms with van der Waals surface area (Å²) < 4.78 is 5.95. The normalized spacial score (nSPS) is 12.1. The Kier molecular flexibility index (Phi) is 5.72. The van der Waals surface area contributed by atoms with Crippen LogP contribution in [0.2, 0.25) is 0 Å². The maximum Gasteiger partial charge on any atom is 0.193 e. The van der Waals surface area contributed by atoms with Gasteiger partial charge in [-0.1, -0.05) is 52.0 Å². The minimum atomic E-state index is -0.201. The van der Waals surface area contributed by atoms with Crippen molar-refractivity contribution in [1.82, 2.24) is 0 Å². The van der Waals surface area contributed by atoms with Gasteiger partial charge in [0.25, 0.3) is 0 Å². The zero-order chi connectivity index (χ0) is 18.7. The smallest absolute Gasteiger partial charge is 0.193 e. The summed E-state index contributed by atoms with van der Waals surface area (Å²) in [5.74, 6) is 0.839. The fraction of sp³-hybridized carbons (Fsp3) is 0.435. The SMILES string of the molecule is CCC(C)(C)Oc1ccc(C(=O)c2ccc(C(C)(C)CC)cc2)cc1. The molecule has 0 amide bonds. The first kappa shape index (κ1) is 19.2. The maximum atomic E-state index is 12.7. The molecule has 134 valence electrons. The third-order valence-electron chi connectivity index (χ3n) is 5.17. The van der Waals surface area contributed by atoms with E-state index in [2.05, 4.69) is 53.7 Å². The van der Waals surface area contributed by atoms with E-state index in [4.69, 9.17) is 4.74 Å². The van der Waals surface area contributed by atoms with E-state index in [-0.39, 0.29) is 16.8 Å². The molecule has 0 N–H and O–H groups in total. The van der Waals surface area contributed by atoms with Gasteiger partial charge in [-0.05, 0) is 61.9 Å². The molecule has 2 rings (SSSR count). The van der Waals surface area contributed by atoms with Gasteiger partial charge < -0.3 is 4.74 Å². The second kappa shape index (κ2) is 7.43. The predicted molar refractivity (Wildman–Crippen MR) is 105 cm³/mol. The number of carbonyl (C=O) groups is 1. The maximum absolute atomic E-state index is 12.7. The summed E-state index contributed by atoms with van der Waals surface area (Å²) in [6.45, 7) is 12.8. The molecule has 2 nitrogen and oxygen atoms in total. The molecule has 0 saturated heterocycles. The Labute approximate surface area is 152 Å². The first-order valence-electron chi connectivity index (χ1n) is 9.13. The van der Waals surface area contributed by atoms with Gasteiger partial charge in [0, 0.05) is 11.1 Å². The second-order valence-corrected chi connectivity index (χ2v) is 7.88. The number of hydrogen-bond donors (Lipinski definition) is 0. The summed E-state index contributed by atoms with van der Waals surface area (Å²) in [6, 6.07) is 15.4. The Morgan fingerprint density at radius 2 is 1.28 bits per heavy atom. The van der Waals surface area contributed by atoms with Crippen molar-refractivity contribution in [2.24, 2.45) is 0 Å². The largest absolute Gasteiger partial charge is 0.488 e. The Morgan fingerprint density at radius 1 is 0.800 bits per heavy atom. The van der Waals surface area contributed by atoms with Gasteiger partial charge in [-0.2, -0.15) is 0 Å². The molecular formula is C23H30O2. The summed E-state index contributed by atoms with van der Waals surface area (Å²) in [7, 11) is 0. The Hall–Kier alpha value is -2.09. The number of hydrogen-bond acceptors (Lipinski definition) is 2. The van der Waals surface area contributed by atoms with Crippen LogP contribution >= 0.6 is 0 Å². The van der Waals surface area contributed by atoms with Crippen molar-refractivity contribution in [1.29, 1.82) is 0 Å². The average molecular weight is 338 g/mol. The van der Waals surface area contributed by atoms with Gasteiger partial charge in [-0.15, -0.1) is 0 Å². The Morgan fingerprint density at radius 3 is 1.72 bits per heavy atom. The van der Waals surface area contributed by atoms with E-state index in [0.29, 0.717) is 5.56 Å². The first-order valence-corrected chi connectivity index (χ1v) is 9.13. The highest BCUT2D eigenvalue weighted by atomic mass is 16.5. The second-order valence-electron chi connectivity index (χ2n) is 7.88. The van der Waals surface area contributed by atoms with Crippen LogP contribution in [0.3, 0.4) is 0 Å². The molecule has 0 unspecified atom stereocenters. The van der Waals surface area contributed by atoms with Gasteiger partial charge in [0.05, 0.1) is 0 Å². The first-order chi connectivity index (χ1) is 11.7. The fourth-order valence-corrected chi connectivity index (χ4v) is 2.51. The van der Waals surface area contributed by atoms with Crippen molar-refractivity contribution in [3.63, 3.8) is 0 Å². The van der Waals surface area contributed by atoms with Crippen molar-refractivity contribution in [3.8, 4) is 5.75 Å². The fourth-order valence-electron chi connectivity index (χ4n) is 2.51. The zero-order valence-corrected chi connectivity index (χ0v) is 16.3. The summed E-state index contributed by atoms with van der Waals surface area (Å²) in [6.07, 6.45) is 1.99. The van der Waals surface area contributed by atoms with Crippen LogP contribution in [0.4, 0.5) is 0 Å². The summed E-state index contributed by atoms with van der Waals surface area (Å²) in [4.78, 5) is 12.7. The molecule has 0 aliphatic carbocycles. The van der Waals surface area contributed by atoms with Gasteiger partial charge in [-0.25, -0.2) is 0 Å². The monoisotopic (exact) mass is 338 g/mol. The van der Waals surface area contributed by atoms with Gasteiger partial charge in [-0.3, -0.25) is 4.79 Å². The Balaban J connectivity index is 2.15. The molecule has 25 heavy (non-hydrogen) atoms. The molecule has 0 heterocycles. The van der Waals surface area contributed by atoms with E-state index in [0.717, 1.165) is 24.2 Å². The van der Waals surface area contributed by atoms with Crippen LogP contribution in [0.15, 0.2) is 48.5 Å². The molecule has 0 atom stereocenters. The van der Waals surface area contributed by atoms with E-state index in [1.807, 2.05) is 36.4 Å². The van der Waals surface area contributed by atoms with Crippen molar-refractivity contribution < 1.29 is 9.53 Å². The highest BCUT2D eigenvalue weighted by molar-refractivity contribution is 6.09. The third kappa shape index (κ3) is 4.72. The standard InChI is InChI=1S/C23H30O2/c1-7-22(3,4)19-13-9-17(10-14-19)21(24)18-11-15-20(16-12-18)25-23(5,6)8-2/h9-16H,7-8H2,1-6H3. The molecule has 0 aliphatic rings. The molecule has 2 heteroatoms. The van der Waals surface area contributed by atoms with E-state index >= 15 is 0 Å². The van der Waals surface area contributed by atoms with Crippen LogP contribution in [0.25, 0.3) is 0 Å². The van der Waals surface area contributed by atoms with E-state index in [1.165, 1.54) is 5.56 Å². The van der Waals surface area contributed by atoms with Crippen molar-refractivity contribution >= 4 is 5.78 Å². The van der Waals surface area contributed by atoms with Crippen molar-refractivity contribution in [2.75, 3.05) is 0 Å². The molecule has 0 aliphatic heterocycles. The minimum Gasteiger partial charge on any atom is -0.488 e. The number of ketones is 1. The molecule has 0 fully saturated rings. The lowest BCUT2D eigenvalue weighted by Crippen LogP contribution is -2.26. The zero-order valence-electron chi connectivity index (χ0n) is 16.3. The van der Waals surface area contributed by atoms with E-state index in [1.54, 1.807) is 0 Å². The van der Waals surface area contributed by atoms with Gasteiger partial charge in [0.2, 0.25) is 0 Å². The quantitative estimate of drug-likeness (QED) is 0.564. The van der Waals surface area contributed by atoms with Crippen LogP contribution in [-0.2, 0) is 5.41 Å². The summed E-state index contributed by atoms with van der Waals surface area (Å²) in [5, 5.41) is 0. The highest BCUT2D eigenvalue weighted by Crippen LogP contribution is 2.27.